The maximum Gasteiger partial charge on any atom is 0.263 e. The number of hydrogen-bond donors (Lipinski definition) is 3. The SMILES string of the molecule is Cc1cnc2c(N)c(C(=O)N[C@H]3CCc4cc(N5C[C@@H]6C[C@H]5CN6)ccc4C3)sc2n1. The van der Waals surface area contributed by atoms with E-state index in [9.17, 15) is 4.79 Å². The van der Waals surface area contributed by atoms with Crippen LogP contribution in [0.25, 0.3) is 10.3 Å². The Morgan fingerprint density at radius 1 is 1.35 bits per heavy atom. The second-order valence-electron chi connectivity index (χ2n) is 9.02. The summed E-state index contributed by atoms with van der Waals surface area (Å²) in [4.78, 5) is 25.6. The molecule has 4 N–H and O–H groups in total. The summed E-state index contributed by atoms with van der Waals surface area (Å²) < 4.78 is 0. The molecule has 0 spiro atoms. The second-order valence-corrected chi connectivity index (χ2v) is 10.0. The lowest BCUT2D eigenvalue weighted by Crippen LogP contribution is -2.43. The van der Waals surface area contributed by atoms with E-state index in [1.54, 1.807) is 6.20 Å². The van der Waals surface area contributed by atoms with Crippen LogP contribution in [0.1, 0.15) is 39.3 Å². The molecule has 3 atom stereocenters. The number of amides is 1. The third-order valence-corrected chi connectivity index (χ3v) is 7.99. The molecule has 4 heterocycles. The van der Waals surface area contributed by atoms with Crippen LogP contribution in [0.3, 0.4) is 0 Å². The Kier molecular flexibility index (Phi) is 4.40. The van der Waals surface area contributed by atoms with Crippen LogP contribution < -0.4 is 21.3 Å². The summed E-state index contributed by atoms with van der Waals surface area (Å²) in [5.74, 6) is -0.120. The Hall–Kier alpha value is -2.71. The molecule has 0 unspecified atom stereocenters. The molecular formula is C23H26N6OS. The molecule has 2 aromatic heterocycles. The van der Waals surface area contributed by atoms with Gasteiger partial charge in [0.1, 0.15) is 15.2 Å². The van der Waals surface area contributed by atoms with Gasteiger partial charge in [0.05, 0.1) is 11.4 Å². The maximum atomic E-state index is 13.0. The zero-order valence-electron chi connectivity index (χ0n) is 17.5. The summed E-state index contributed by atoms with van der Waals surface area (Å²) in [5.41, 5.74) is 12.2. The summed E-state index contributed by atoms with van der Waals surface area (Å²) in [6.45, 7) is 4.10. The van der Waals surface area contributed by atoms with Crippen molar-refractivity contribution in [3.63, 3.8) is 0 Å². The molecule has 3 aliphatic rings. The van der Waals surface area contributed by atoms with E-state index in [1.165, 1.54) is 34.6 Å². The topological polar surface area (TPSA) is 96.2 Å². The Bertz CT molecular complexity index is 1190. The summed E-state index contributed by atoms with van der Waals surface area (Å²) in [7, 11) is 0. The minimum Gasteiger partial charge on any atom is -0.396 e. The number of piperazine rings is 1. The summed E-state index contributed by atoms with van der Waals surface area (Å²) in [5, 5.41) is 6.77. The molecule has 2 aliphatic heterocycles. The van der Waals surface area contributed by atoms with Crippen LogP contribution >= 0.6 is 11.3 Å². The van der Waals surface area contributed by atoms with Crippen LogP contribution in [0, 0.1) is 6.92 Å². The number of carbonyl (C=O) groups is 1. The van der Waals surface area contributed by atoms with E-state index in [-0.39, 0.29) is 11.9 Å². The van der Waals surface area contributed by atoms with E-state index in [1.807, 2.05) is 6.92 Å². The smallest absolute Gasteiger partial charge is 0.263 e. The first kappa shape index (κ1) is 19.0. The fourth-order valence-corrected chi connectivity index (χ4v) is 6.31. The fraction of sp³-hybridized carbons (Fsp3) is 0.435. The molecule has 8 heteroatoms. The molecule has 1 aliphatic carbocycles. The van der Waals surface area contributed by atoms with Crippen molar-refractivity contribution < 1.29 is 4.79 Å². The Morgan fingerprint density at radius 2 is 2.26 bits per heavy atom. The first-order valence-electron chi connectivity index (χ1n) is 11.0. The highest BCUT2D eigenvalue weighted by Crippen LogP contribution is 2.34. The van der Waals surface area contributed by atoms with Gasteiger partial charge in [-0.25, -0.2) is 9.97 Å². The number of nitrogens with one attached hydrogen (secondary N) is 2. The van der Waals surface area contributed by atoms with Crippen molar-refractivity contribution in [1.29, 1.82) is 0 Å². The van der Waals surface area contributed by atoms with Crippen molar-refractivity contribution in [1.82, 2.24) is 20.6 Å². The number of rotatable bonds is 3. The third-order valence-electron chi connectivity index (χ3n) is 6.91. The van der Waals surface area contributed by atoms with Gasteiger partial charge in [0.15, 0.2) is 0 Å². The van der Waals surface area contributed by atoms with Crippen LogP contribution in [-0.2, 0) is 12.8 Å². The fourth-order valence-electron chi connectivity index (χ4n) is 5.31. The summed E-state index contributed by atoms with van der Waals surface area (Å²) in [6.07, 6.45) is 5.73. The van der Waals surface area contributed by atoms with E-state index in [0.29, 0.717) is 28.2 Å². The Labute approximate surface area is 185 Å². The number of nitrogens with zero attached hydrogens (tertiary/aromatic N) is 3. The summed E-state index contributed by atoms with van der Waals surface area (Å²) in [6, 6.07) is 8.29. The van der Waals surface area contributed by atoms with Gasteiger partial charge in [-0.2, -0.15) is 0 Å². The molecule has 2 saturated heterocycles. The van der Waals surface area contributed by atoms with Crippen LogP contribution in [-0.4, -0.2) is 47.1 Å². The van der Waals surface area contributed by atoms with Crippen molar-refractivity contribution >= 4 is 39.0 Å². The number of aromatic nitrogens is 2. The van der Waals surface area contributed by atoms with Crippen molar-refractivity contribution in [3.05, 3.63) is 46.1 Å². The third kappa shape index (κ3) is 3.25. The molecule has 160 valence electrons. The van der Waals surface area contributed by atoms with Crippen molar-refractivity contribution in [2.75, 3.05) is 23.7 Å². The first-order valence-corrected chi connectivity index (χ1v) is 11.8. The molecule has 6 rings (SSSR count). The van der Waals surface area contributed by atoms with E-state index in [0.717, 1.165) is 42.9 Å². The molecule has 0 saturated carbocycles. The number of nitrogen functional groups attached to an aromatic ring is 1. The predicted molar refractivity (Wildman–Crippen MR) is 124 cm³/mol. The minimum atomic E-state index is -0.120. The number of hydrogen-bond acceptors (Lipinski definition) is 7. The van der Waals surface area contributed by atoms with Gasteiger partial charge in [0.2, 0.25) is 0 Å². The summed E-state index contributed by atoms with van der Waals surface area (Å²) >= 11 is 1.32. The number of fused-ring (bicyclic) bond motifs is 4. The molecule has 2 bridgehead atoms. The molecular weight excluding hydrogens is 408 g/mol. The molecule has 3 aromatic rings. The molecule has 31 heavy (non-hydrogen) atoms. The number of nitrogens with two attached hydrogens (primary N) is 1. The Morgan fingerprint density at radius 3 is 3.06 bits per heavy atom. The van der Waals surface area contributed by atoms with E-state index in [2.05, 4.69) is 43.7 Å². The minimum absolute atomic E-state index is 0.116. The van der Waals surface area contributed by atoms with Gasteiger partial charge in [-0.15, -0.1) is 11.3 Å². The zero-order valence-corrected chi connectivity index (χ0v) is 18.3. The number of thiophene rings is 1. The van der Waals surface area contributed by atoms with Gasteiger partial charge >= 0.3 is 0 Å². The van der Waals surface area contributed by atoms with Gasteiger partial charge in [-0.3, -0.25) is 4.79 Å². The Balaban J connectivity index is 1.17. The van der Waals surface area contributed by atoms with Crippen molar-refractivity contribution in [3.8, 4) is 0 Å². The van der Waals surface area contributed by atoms with E-state index < -0.39 is 0 Å². The van der Waals surface area contributed by atoms with Gasteiger partial charge < -0.3 is 21.3 Å². The van der Waals surface area contributed by atoms with Gasteiger partial charge in [0, 0.05) is 43.1 Å². The highest BCUT2D eigenvalue weighted by atomic mass is 32.1. The number of benzene rings is 1. The number of anilines is 2. The molecule has 1 amide bonds. The second kappa shape index (κ2) is 7.17. The highest BCUT2D eigenvalue weighted by Gasteiger charge is 2.37. The molecule has 2 fully saturated rings. The van der Waals surface area contributed by atoms with Crippen LogP contribution in [0.5, 0.6) is 0 Å². The highest BCUT2D eigenvalue weighted by molar-refractivity contribution is 7.21. The van der Waals surface area contributed by atoms with Crippen molar-refractivity contribution in [2.24, 2.45) is 0 Å². The quantitative estimate of drug-likeness (QED) is 0.586. The first-order chi connectivity index (χ1) is 15.0. The van der Waals surface area contributed by atoms with Crippen molar-refractivity contribution in [2.45, 2.75) is 50.7 Å². The van der Waals surface area contributed by atoms with Crippen LogP contribution in [0.4, 0.5) is 11.4 Å². The zero-order chi connectivity index (χ0) is 21.1. The average Bonchev–Trinajstić information content (AvgIpc) is 3.48. The van der Waals surface area contributed by atoms with Crippen LogP contribution in [0.2, 0.25) is 0 Å². The van der Waals surface area contributed by atoms with Crippen LogP contribution in [0.15, 0.2) is 24.4 Å². The normalized spacial score (nSPS) is 24.5. The maximum absolute atomic E-state index is 13.0. The standard InChI is InChI=1S/C23H26N6OS/c1-12-9-26-20-19(24)21(31-23(20)27-12)22(30)28-15-4-2-14-7-17(5-3-13(14)6-15)29-11-16-8-18(29)10-25-16/h3,5,7,9,15-16,18,25H,2,4,6,8,10-11,24H2,1H3,(H,28,30)/t15-,16-,18-/m0/s1. The number of carbonyl (C=O) groups excluding carboxylic acids is 1. The average molecular weight is 435 g/mol. The van der Waals surface area contributed by atoms with Gasteiger partial charge in [-0.1, -0.05) is 6.07 Å². The number of aryl methyl sites for hydroxylation is 2. The lowest BCUT2D eigenvalue weighted by Gasteiger charge is -2.32. The van der Waals surface area contributed by atoms with E-state index >= 15 is 0 Å². The molecule has 7 nitrogen and oxygen atoms in total. The lowest BCUT2D eigenvalue weighted by molar-refractivity contribution is 0.0938. The molecule has 0 radical (unpaired) electrons. The van der Waals surface area contributed by atoms with Gasteiger partial charge in [0.25, 0.3) is 5.91 Å². The predicted octanol–water partition coefficient (Wildman–Crippen LogP) is 2.42. The van der Waals surface area contributed by atoms with Gasteiger partial charge in [-0.05, 0) is 55.9 Å². The van der Waals surface area contributed by atoms with E-state index in [4.69, 9.17) is 5.73 Å². The lowest BCUT2D eigenvalue weighted by atomic mass is 9.87. The molecule has 1 aromatic carbocycles. The monoisotopic (exact) mass is 434 g/mol. The largest absolute Gasteiger partial charge is 0.396 e.